The van der Waals surface area contributed by atoms with E-state index in [1.165, 1.54) is 0 Å². The van der Waals surface area contributed by atoms with Gasteiger partial charge >= 0.3 is 0 Å². The van der Waals surface area contributed by atoms with Crippen LogP contribution in [0.4, 0.5) is 0 Å². The minimum atomic E-state index is -0.210. The Morgan fingerprint density at radius 2 is 1.73 bits per heavy atom. The van der Waals surface area contributed by atoms with Crippen molar-refractivity contribution in [2.75, 3.05) is 0 Å². The van der Waals surface area contributed by atoms with Crippen molar-refractivity contribution >= 4 is 34.5 Å². The van der Waals surface area contributed by atoms with Crippen molar-refractivity contribution in [2.24, 2.45) is 0 Å². The van der Waals surface area contributed by atoms with Crippen molar-refractivity contribution < 1.29 is 4.52 Å². The van der Waals surface area contributed by atoms with Crippen LogP contribution in [0.25, 0.3) is 17.0 Å². The van der Waals surface area contributed by atoms with Crippen LogP contribution < -0.4 is 5.32 Å². The summed E-state index contributed by atoms with van der Waals surface area (Å²) in [6.45, 7) is 2.61. The van der Waals surface area contributed by atoms with Gasteiger partial charge in [-0.15, -0.1) is 0 Å². The third-order valence-corrected chi connectivity index (χ3v) is 6.22. The number of allylic oxidation sites excluding steroid dienone is 1. The second-order valence-corrected chi connectivity index (χ2v) is 8.62. The Morgan fingerprint density at radius 1 is 1.00 bits per heavy atom. The molecule has 0 aliphatic carbocycles. The fourth-order valence-electron chi connectivity index (χ4n) is 4.00. The average molecular weight is 473 g/mol. The molecule has 0 saturated heterocycles. The molecule has 1 aliphatic heterocycles. The maximum atomic E-state index is 6.21. The summed E-state index contributed by atoms with van der Waals surface area (Å²) in [6, 6.07) is 27.5. The van der Waals surface area contributed by atoms with Crippen LogP contribution in [0, 0.1) is 0 Å². The quantitative estimate of drug-likeness (QED) is 0.346. The Kier molecular flexibility index (Phi) is 5.94. The first-order valence-corrected chi connectivity index (χ1v) is 11.4. The van der Waals surface area contributed by atoms with Crippen molar-refractivity contribution in [2.45, 2.75) is 19.5 Å². The Morgan fingerprint density at radius 3 is 2.45 bits per heavy atom. The summed E-state index contributed by atoms with van der Waals surface area (Å²) < 4.78 is 5.78. The van der Waals surface area contributed by atoms with Gasteiger partial charge in [-0.05, 0) is 42.4 Å². The van der Waals surface area contributed by atoms with Crippen molar-refractivity contribution in [1.82, 2.24) is 20.4 Å². The molecule has 3 aromatic carbocycles. The van der Waals surface area contributed by atoms with Crippen LogP contribution in [0.2, 0.25) is 5.02 Å². The van der Waals surface area contributed by atoms with Crippen LogP contribution in [-0.4, -0.2) is 20.2 Å². The predicted octanol–water partition coefficient (Wildman–Crippen LogP) is 6.25. The van der Waals surface area contributed by atoms with Gasteiger partial charge in [-0.2, -0.15) is 4.98 Å². The van der Waals surface area contributed by atoms with Crippen LogP contribution in [0.5, 0.6) is 0 Å². The standard InChI is InChI=1S/C26H21ClN4OS/c1-17-22(25-29-24(30-32-25)20-12-6-3-7-13-20)23(19-10-4-2-5-11-19)28-26(33)31(17)16-18-9-8-14-21(27)15-18/h2-15,23H,16H2,1H3,(H,28,33). The Hall–Kier alpha value is -3.48. The molecule has 5 nitrogen and oxygen atoms in total. The molecular weight excluding hydrogens is 452 g/mol. The second-order valence-electron chi connectivity index (χ2n) is 7.80. The number of halogens is 1. The molecule has 1 aliphatic rings. The lowest BCUT2D eigenvalue weighted by molar-refractivity contribution is 0.396. The first kappa shape index (κ1) is 21.4. The van der Waals surface area contributed by atoms with Crippen LogP contribution in [0.15, 0.2) is 95.1 Å². The van der Waals surface area contributed by atoms with E-state index >= 15 is 0 Å². The van der Waals surface area contributed by atoms with E-state index < -0.39 is 0 Å². The lowest BCUT2D eigenvalue weighted by Gasteiger charge is -2.37. The van der Waals surface area contributed by atoms with E-state index in [1.54, 1.807) is 0 Å². The fourth-order valence-corrected chi connectivity index (χ4v) is 4.53. The summed E-state index contributed by atoms with van der Waals surface area (Å²) in [4.78, 5) is 6.79. The molecule has 4 aromatic rings. The highest BCUT2D eigenvalue weighted by molar-refractivity contribution is 7.80. The molecular formula is C26H21ClN4OS. The topological polar surface area (TPSA) is 54.2 Å². The van der Waals surface area contributed by atoms with Crippen molar-refractivity contribution in [1.29, 1.82) is 0 Å². The zero-order valence-corrected chi connectivity index (χ0v) is 19.5. The molecule has 0 radical (unpaired) electrons. The molecule has 0 saturated carbocycles. The molecule has 0 bridgehead atoms. The number of nitrogens with zero attached hydrogens (tertiary/aromatic N) is 3. The number of hydrogen-bond donors (Lipinski definition) is 1. The van der Waals surface area contributed by atoms with Crippen molar-refractivity contribution in [3.05, 3.63) is 113 Å². The summed E-state index contributed by atoms with van der Waals surface area (Å²) in [5.41, 5.74) is 4.87. The average Bonchev–Trinajstić information content (AvgIpc) is 3.32. The molecule has 1 unspecified atom stereocenters. The van der Waals surface area contributed by atoms with E-state index in [1.807, 2.05) is 84.6 Å². The van der Waals surface area contributed by atoms with Gasteiger partial charge in [0.2, 0.25) is 5.82 Å². The highest BCUT2D eigenvalue weighted by Crippen LogP contribution is 2.38. The molecule has 1 N–H and O–H groups in total. The molecule has 5 rings (SSSR count). The van der Waals surface area contributed by atoms with E-state index in [0.29, 0.717) is 28.4 Å². The van der Waals surface area contributed by atoms with Crippen LogP contribution in [0.3, 0.4) is 0 Å². The maximum Gasteiger partial charge on any atom is 0.258 e. The smallest absolute Gasteiger partial charge is 0.258 e. The monoisotopic (exact) mass is 472 g/mol. The largest absolute Gasteiger partial charge is 0.351 e. The molecule has 164 valence electrons. The Bertz CT molecular complexity index is 1320. The lowest BCUT2D eigenvalue weighted by atomic mass is 9.94. The van der Waals surface area contributed by atoms with Crippen LogP contribution in [0.1, 0.15) is 30.0 Å². The third kappa shape index (κ3) is 4.40. The first-order valence-electron chi connectivity index (χ1n) is 10.6. The summed E-state index contributed by atoms with van der Waals surface area (Å²) in [7, 11) is 0. The molecule has 0 spiro atoms. The van der Waals surface area contributed by atoms with E-state index in [4.69, 9.17) is 33.3 Å². The van der Waals surface area contributed by atoms with Gasteiger partial charge in [0.05, 0.1) is 18.2 Å². The fraction of sp³-hybridized carbons (Fsp3) is 0.115. The normalized spacial score (nSPS) is 16.1. The highest BCUT2D eigenvalue weighted by atomic mass is 35.5. The lowest BCUT2D eigenvalue weighted by Crippen LogP contribution is -2.45. The van der Waals surface area contributed by atoms with Crippen LogP contribution >= 0.6 is 23.8 Å². The molecule has 0 fully saturated rings. The van der Waals surface area contributed by atoms with Crippen molar-refractivity contribution in [3.8, 4) is 11.4 Å². The predicted molar refractivity (Wildman–Crippen MR) is 134 cm³/mol. The molecule has 33 heavy (non-hydrogen) atoms. The van der Waals surface area contributed by atoms with Gasteiger partial charge in [-0.1, -0.05) is 89.6 Å². The van der Waals surface area contributed by atoms with Gasteiger partial charge in [0, 0.05) is 16.3 Å². The number of hydrogen-bond acceptors (Lipinski definition) is 4. The van der Waals surface area contributed by atoms with Gasteiger partial charge in [0.1, 0.15) is 0 Å². The van der Waals surface area contributed by atoms with E-state index in [2.05, 4.69) is 22.6 Å². The summed E-state index contributed by atoms with van der Waals surface area (Å²) in [6.07, 6.45) is 0. The van der Waals surface area contributed by atoms with Gasteiger partial charge in [-0.25, -0.2) is 0 Å². The van der Waals surface area contributed by atoms with Gasteiger partial charge in [0.25, 0.3) is 5.89 Å². The number of benzene rings is 3. The summed E-state index contributed by atoms with van der Waals surface area (Å²) in [5, 5.41) is 9.06. The Balaban J connectivity index is 1.59. The number of rotatable bonds is 5. The minimum absolute atomic E-state index is 0.210. The molecule has 0 amide bonds. The summed E-state index contributed by atoms with van der Waals surface area (Å²) in [5.74, 6) is 1.01. The minimum Gasteiger partial charge on any atom is -0.351 e. The van der Waals surface area contributed by atoms with E-state index in [-0.39, 0.29) is 6.04 Å². The molecule has 1 atom stereocenters. The number of nitrogens with one attached hydrogen (secondary N) is 1. The highest BCUT2D eigenvalue weighted by Gasteiger charge is 2.34. The molecule has 7 heteroatoms. The Labute approximate surface area is 202 Å². The molecule has 1 aromatic heterocycles. The second kappa shape index (κ2) is 9.17. The van der Waals surface area contributed by atoms with E-state index in [0.717, 1.165) is 28.0 Å². The zero-order chi connectivity index (χ0) is 22.8. The van der Waals surface area contributed by atoms with Gasteiger partial charge < -0.3 is 14.7 Å². The maximum absolute atomic E-state index is 6.21. The number of aromatic nitrogens is 2. The third-order valence-electron chi connectivity index (χ3n) is 5.65. The number of thiocarbonyl (C=S) groups is 1. The van der Waals surface area contributed by atoms with Crippen molar-refractivity contribution in [3.63, 3.8) is 0 Å². The van der Waals surface area contributed by atoms with Gasteiger partial charge in [0.15, 0.2) is 5.11 Å². The SMILES string of the molecule is CC1=C(c2nc(-c3ccccc3)no2)C(c2ccccc2)NC(=S)N1Cc1cccc(Cl)c1. The molecule has 2 heterocycles. The zero-order valence-electron chi connectivity index (χ0n) is 17.9. The van der Waals surface area contributed by atoms with Gasteiger partial charge in [-0.3, -0.25) is 0 Å². The first-order chi connectivity index (χ1) is 16.1. The van der Waals surface area contributed by atoms with Crippen LogP contribution in [-0.2, 0) is 6.54 Å². The summed E-state index contributed by atoms with van der Waals surface area (Å²) >= 11 is 12.0. The van der Waals surface area contributed by atoms with E-state index in [9.17, 15) is 0 Å².